The second kappa shape index (κ2) is 6.89. The fourth-order valence-corrected chi connectivity index (χ4v) is 3.85. The molecule has 1 aromatic rings. The number of ether oxygens (including phenoxy) is 1. The van der Waals surface area contributed by atoms with Crippen molar-refractivity contribution in [1.82, 2.24) is 19.0 Å². The summed E-state index contributed by atoms with van der Waals surface area (Å²) in [6, 6.07) is -0.308. The molecule has 1 aromatic heterocycles. The molecule has 2 aliphatic heterocycles. The van der Waals surface area contributed by atoms with Crippen molar-refractivity contribution < 1.29 is 22.7 Å². The topological polar surface area (TPSA) is 105 Å². The molecule has 1 fully saturated rings. The highest BCUT2D eigenvalue weighted by molar-refractivity contribution is 7.88. The van der Waals surface area contributed by atoms with E-state index in [1.807, 2.05) is 0 Å². The molecule has 0 spiro atoms. The molecule has 0 aliphatic carbocycles. The molecular weight excluding hydrogens is 386 g/mol. The summed E-state index contributed by atoms with van der Waals surface area (Å²) in [6.45, 7) is 9.41. The lowest BCUT2D eigenvalue weighted by Gasteiger charge is -2.36. The molecule has 0 N–H and O–H groups in total. The van der Waals surface area contributed by atoms with Gasteiger partial charge in [0.25, 0.3) is 0 Å². The highest BCUT2D eigenvalue weighted by Crippen LogP contribution is 2.30. The minimum atomic E-state index is -3.49. The van der Waals surface area contributed by atoms with Crippen LogP contribution in [0.15, 0.2) is 18.9 Å². The first-order chi connectivity index (χ1) is 12.9. The van der Waals surface area contributed by atoms with E-state index < -0.39 is 21.7 Å². The Kier molecular flexibility index (Phi) is 5.00. The van der Waals surface area contributed by atoms with E-state index in [0.29, 0.717) is 17.9 Å². The Bertz CT molecular complexity index is 917. The number of hydrogen-bond donors (Lipinski definition) is 0. The zero-order valence-electron chi connectivity index (χ0n) is 16.5. The van der Waals surface area contributed by atoms with E-state index in [4.69, 9.17) is 4.74 Å². The van der Waals surface area contributed by atoms with Crippen LogP contribution in [0.1, 0.15) is 26.5 Å². The van der Waals surface area contributed by atoms with E-state index in [0.717, 1.165) is 10.6 Å². The molecule has 1 atom stereocenters. The van der Waals surface area contributed by atoms with Gasteiger partial charge in [0, 0.05) is 0 Å². The first-order valence-electron chi connectivity index (χ1n) is 8.83. The molecule has 1 saturated heterocycles. The van der Waals surface area contributed by atoms with Crippen LogP contribution >= 0.6 is 0 Å². The van der Waals surface area contributed by atoms with Crippen LogP contribution in [0.4, 0.5) is 10.5 Å². The highest BCUT2D eigenvalue weighted by Gasteiger charge is 2.39. The molecule has 0 bridgehead atoms. The Labute approximate surface area is 164 Å². The standard InChI is InChI=1S/C17H25N5O5S/c1-6-12-8-22-14(9-20(12)16(24)27-17(2,3)4)13(7-18-22)21-11-19(10-15(21)23)28(5,25)26/h6-7,12H,1,8-11H2,2-5H3/t12-/m0/s1. The third-order valence-electron chi connectivity index (χ3n) is 4.58. The Morgan fingerprint density at radius 2 is 2.04 bits per heavy atom. The Balaban J connectivity index is 1.89. The number of amides is 2. The number of anilines is 1. The fraction of sp³-hybridized carbons (Fsp3) is 0.588. The quantitative estimate of drug-likeness (QED) is 0.680. The maximum Gasteiger partial charge on any atom is 0.411 e. The summed E-state index contributed by atoms with van der Waals surface area (Å²) >= 11 is 0. The lowest BCUT2D eigenvalue weighted by molar-refractivity contribution is -0.116. The van der Waals surface area contributed by atoms with E-state index in [2.05, 4.69) is 11.7 Å². The third-order valence-corrected chi connectivity index (χ3v) is 5.76. The third kappa shape index (κ3) is 3.90. The molecule has 0 unspecified atom stereocenters. The first kappa shape index (κ1) is 20.3. The number of aromatic nitrogens is 2. The average Bonchev–Trinajstić information content (AvgIpc) is 3.14. The molecule has 0 aromatic carbocycles. The maximum atomic E-state index is 12.7. The number of carbonyl (C=O) groups excluding carboxylic acids is 2. The first-order valence-corrected chi connectivity index (χ1v) is 10.7. The van der Waals surface area contributed by atoms with Crippen LogP contribution in [-0.4, -0.2) is 70.5 Å². The summed E-state index contributed by atoms with van der Waals surface area (Å²) in [5.74, 6) is -0.337. The second-order valence-electron chi connectivity index (χ2n) is 7.91. The van der Waals surface area contributed by atoms with Crippen LogP contribution in [0.2, 0.25) is 0 Å². The molecule has 0 radical (unpaired) electrons. The van der Waals surface area contributed by atoms with E-state index in [-0.39, 0.29) is 31.7 Å². The summed E-state index contributed by atoms with van der Waals surface area (Å²) in [4.78, 5) is 28.0. The SMILES string of the molecule is C=C[C@H]1Cn2ncc(N3CN(S(C)(=O)=O)CC3=O)c2CN1C(=O)OC(C)(C)C. The Morgan fingerprint density at radius 1 is 1.36 bits per heavy atom. The van der Waals surface area contributed by atoms with Gasteiger partial charge in [-0.15, -0.1) is 6.58 Å². The molecule has 2 aliphatic rings. The van der Waals surface area contributed by atoms with Crippen molar-refractivity contribution in [2.45, 2.75) is 45.5 Å². The number of hydrogen-bond acceptors (Lipinski definition) is 6. The zero-order valence-corrected chi connectivity index (χ0v) is 17.3. The number of rotatable bonds is 3. The van der Waals surface area contributed by atoms with Crippen LogP contribution in [0.3, 0.4) is 0 Å². The van der Waals surface area contributed by atoms with E-state index >= 15 is 0 Å². The van der Waals surface area contributed by atoms with E-state index in [1.165, 1.54) is 16.0 Å². The molecule has 3 heterocycles. The number of fused-ring (bicyclic) bond motifs is 1. The monoisotopic (exact) mass is 411 g/mol. The smallest absolute Gasteiger partial charge is 0.411 e. The van der Waals surface area contributed by atoms with Gasteiger partial charge in [-0.25, -0.2) is 13.2 Å². The van der Waals surface area contributed by atoms with Gasteiger partial charge in [-0.1, -0.05) is 6.08 Å². The highest BCUT2D eigenvalue weighted by atomic mass is 32.2. The zero-order chi connectivity index (χ0) is 20.9. The summed E-state index contributed by atoms with van der Waals surface area (Å²) in [7, 11) is -3.49. The Morgan fingerprint density at radius 3 is 2.57 bits per heavy atom. The minimum Gasteiger partial charge on any atom is -0.444 e. The molecule has 3 rings (SSSR count). The van der Waals surface area contributed by atoms with Crippen LogP contribution < -0.4 is 4.90 Å². The summed E-state index contributed by atoms with van der Waals surface area (Å²) in [5.41, 5.74) is 0.490. The van der Waals surface area contributed by atoms with Crippen LogP contribution in [0.5, 0.6) is 0 Å². The average molecular weight is 411 g/mol. The van der Waals surface area contributed by atoms with Crippen LogP contribution in [0.25, 0.3) is 0 Å². The van der Waals surface area contributed by atoms with Crippen molar-refractivity contribution >= 4 is 27.7 Å². The predicted octanol–water partition coefficient (Wildman–Crippen LogP) is 0.754. The molecule has 154 valence electrons. The normalized spacial score (nSPS) is 21.0. The van der Waals surface area contributed by atoms with Crippen LogP contribution in [0, 0.1) is 0 Å². The van der Waals surface area contributed by atoms with Crippen molar-refractivity contribution in [2.24, 2.45) is 0 Å². The van der Waals surface area contributed by atoms with Gasteiger partial charge >= 0.3 is 6.09 Å². The van der Waals surface area contributed by atoms with E-state index in [1.54, 1.807) is 31.5 Å². The summed E-state index contributed by atoms with van der Waals surface area (Å²) in [5, 5.41) is 4.32. The number of sulfonamides is 1. The molecule has 2 amide bonds. The van der Waals surface area contributed by atoms with Gasteiger partial charge in [0.1, 0.15) is 5.60 Å². The molecule has 11 heteroatoms. The van der Waals surface area contributed by atoms with Crippen molar-refractivity contribution in [3.05, 3.63) is 24.5 Å². The number of carbonyl (C=O) groups is 2. The maximum absolute atomic E-state index is 12.7. The van der Waals surface area contributed by atoms with Crippen LogP contribution in [-0.2, 0) is 32.6 Å². The van der Waals surface area contributed by atoms with E-state index in [9.17, 15) is 18.0 Å². The van der Waals surface area contributed by atoms with Crippen molar-refractivity contribution in [3.8, 4) is 0 Å². The second-order valence-corrected chi connectivity index (χ2v) is 9.89. The van der Waals surface area contributed by atoms with Gasteiger partial charge < -0.3 is 4.74 Å². The largest absolute Gasteiger partial charge is 0.444 e. The van der Waals surface area contributed by atoms with Gasteiger partial charge in [0.15, 0.2) is 0 Å². The lowest BCUT2D eigenvalue weighted by Crippen LogP contribution is -2.47. The van der Waals surface area contributed by atoms with Gasteiger partial charge in [-0.2, -0.15) is 9.40 Å². The summed E-state index contributed by atoms with van der Waals surface area (Å²) in [6.07, 6.45) is 3.76. The van der Waals surface area contributed by atoms with Crippen molar-refractivity contribution in [3.63, 3.8) is 0 Å². The fourth-order valence-electron chi connectivity index (χ4n) is 3.18. The minimum absolute atomic E-state index is 0.0757. The van der Waals surface area contributed by atoms with Gasteiger partial charge in [-0.05, 0) is 20.8 Å². The molecule has 28 heavy (non-hydrogen) atoms. The molecular formula is C17H25N5O5S. The lowest BCUT2D eigenvalue weighted by atomic mass is 10.1. The Hall–Kier alpha value is -2.40. The van der Waals surface area contributed by atoms with Crippen molar-refractivity contribution in [2.75, 3.05) is 24.4 Å². The summed E-state index contributed by atoms with van der Waals surface area (Å²) < 4.78 is 31.9. The molecule has 10 nitrogen and oxygen atoms in total. The van der Waals surface area contributed by atoms with Gasteiger partial charge in [0.05, 0.1) is 56.2 Å². The van der Waals surface area contributed by atoms with Gasteiger partial charge in [0.2, 0.25) is 15.9 Å². The van der Waals surface area contributed by atoms with Crippen molar-refractivity contribution in [1.29, 1.82) is 0 Å². The molecule has 0 saturated carbocycles. The number of nitrogens with zero attached hydrogens (tertiary/aromatic N) is 5. The predicted molar refractivity (Wildman–Crippen MR) is 102 cm³/mol. The van der Waals surface area contributed by atoms with Gasteiger partial charge in [-0.3, -0.25) is 19.3 Å².